The largest absolute Gasteiger partial charge is 0.496 e. The SMILES string of the molecule is COc1ccc(C(C)N)cc1CN(C)CCN(C)C. The lowest BCUT2D eigenvalue weighted by molar-refractivity contribution is 0.272. The highest BCUT2D eigenvalue weighted by Gasteiger charge is 2.09. The Morgan fingerprint density at radius 3 is 2.42 bits per heavy atom. The number of nitrogens with zero attached hydrogens (tertiary/aromatic N) is 2. The van der Waals surface area contributed by atoms with Gasteiger partial charge in [-0.25, -0.2) is 0 Å². The second-order valence-electron chi connectivity index (χ2n) is 5.40. The van der Waals surface area contributed by atoms with Gasteiger partial charge in [-0.2, -0.15) is 0 Å². The zero-order chi connectivity index (χ0) is 14.4. The molecule has 4 heteroatoms. The molecule has 0 bridgehead atoms. The summed E-state index contributed by atoms with van der Waals surface area (Å²) in [7, 11) is 8.02. The topological polar surface area (TPSA) is 41.7 Å². The van der Waals surface area contributed by atoms with Gasteiger partial charge in [0.1, 0.15) is 5.75 Å². The molecule has 0 fully saturated rings. The van der Waals surface area contributed by atoms with E-state index in [0.717, 1.165) is 30.9 Å². The molecule has 0 spiro atoms. The van der Waals surface area contributed by atoms with Gasteiger partial charge < -0.3 is 20.3 Å². The summed E-state index contributed by atoms with van der Waals surface area (Å²) in [6, 6.07) is 6.24. The molecule has 0 aliphatic rings. The summed E-state index contributed by atoms with van der Waals surface area (Å²) in [6.45, 7) is 4.95. The highest BCUT2D eigenvalue weighted by molar-refractivity contribution is 5.38. The van der Waals surface area contributed by atoms with Gasteiger partial charge in [-0.15, -0.1) is 0 Å². The normalized spacial score (nSPS) is 13.1. The summed E-state index contributed by atoms with van der Waals surface area (Å²) < 4.78 is 5.43. The molecule has 0 saturated heterocycles. The number of rotatable bonds is 7. The van der Waals surface area contributed by atoms with Crippen LogP contribution in [0.15, 0.2) is 18.2 Å². The van der Waals surface area contributed by atoms with Crippen molar-refractivity contribution >= 4 is 0 Å². The molecule has 0 heterocycles. The number of benzene rings is 1. The summed E-state index contributed by atoms with van der Waals surface area (Å²) in [4.78, 5) is 4.48. The Kier molecular flexibility index (Phi) is 6.28. The Bertz CT molecular complexity index is 391. The lowest BCUT2D eigenvalue weighted by atomic mass is 10.0. The molecule has 4 nitrogen and oxygen atoms in total. The Morgan fingerprint density at radius 1 is 1.21 bits per heavy atom. The van der Waals surface area contributed by atoms with Crippen LogP contribution < -0.4 is 10.5 Å². The van der Waals surface area contributed by atoms with Crippen LogP contribution in [0, 0.1) is 0 Å². The van der Waals surface area contributed by atoms with Gasteiger partial charge in [0.05, 0.1) is 7.11 Å². The van der Waals surface area contributed by atoms with Crippen LogP contribution in [0.5, 0.6) is 5.75 Å². The molecule has 19 heavy (non-hydrogen) atoms. The third kappa shape index (κ3) is 5.19. The maximum atomic E-state index is 5.94. The molecule has 1 rings (SSSR count). The fraction of sp³-hybridized carbons (Fsp3) is 0.600. The van der Waals surface area contributed by atoms with Gasteiger partial charge in [0.15, 0.2) is 0 Å². The molecule has 0 aromatic heterocycles. The molecule has 0 aliphatic carbocycles. The van der Waals surface area contributed by atoms with Crippen molar-refractivity contribution in [2.45, 2.75) is 19.5 Å². The van der Waals surface area contributed by atoms with Crippen LogP contribution in [-0.4, -0.2) is 51.1 Å². The van der Waals surface area contributed by atoms with Crippen molar-refractivity contribution in [3.63, 3.8) is 0 Å². The van der Waals surface area contributed by atoms with E-state index in [4.69, 9.17) is 10.5 Å². The smallest absolute Gasteiger partial charge is 0.123 e. The van der Waals surface area contributed by atoms with Gasteiger partial charge in [-0.1, -0.05) is 6.07 Å². The lowest BCUT2D eigenvalue weighted by Gasteiger charge is -2.21. The lowest BCUT2D eigenvalue weighted by Crippen LogP contribution is -2.28. The Hall–Kier alpha value is -1.10. The predicted octanol–water partition coefficient (Wildman–Crippen LogP) is 1.71. The second-order valence-corrected chi connectivity index (χ2v) is 5.40. The zero-order valence-corrected chi connectivity index (χ0v) is 12.8. The monoisotopic (exact) mass is 265 g/mol. The molecule has 1 unspecified atom stereocenters. The molecule has 1 atom stereocenters. The van der Waals surface area contributed by atoms with E-state index < -0.39 is 0 Å². The van der Waals surface area contributed by atoms with E-state index in [1.165, 1.54) is 5.56 Å². The van der Waals surface area contributed by atoms with E-state index in [0.29, 0.717) is 0 Å². The van der Waals surface area contributed by atoms with Crippen LogP contribution in [0.25, 0.3) is 0 Å². The summed E-state index contributed by atoms with van der Waals surface area (Å²) in [5.74, 6) is 0.932. The minimum atomic E-state index is 0.0525. The molecule has 2 N–H and O–H groups in total. The molecule has 1 aromatic rings. The van der Waals surface area contributed by atoms with E-state index in [9.17, 15) is 0 Å². The summed E-state index contributed by atoms with van der Waals surface area (Å²) >= 11 is 0. The van der Waals surface area contributed by atoms with Crippen molar-refractivity contribution in [3.05, 3.63) is 29.3 Å². The minimum absolute atomic E-state index is 0.0525. The van der Waals surface area contributed by atoms with Crippen LogP contribution >= 0.6 is 0 Å². The van der Waals surface area contributed by atoms with E-state index >= 15 is 0 Å². The third-order valence-corrected chi connectivity index (χ3v) is 3.20. The second kappa shape index (κ2) is 7.48. The van der Waals surface area contributed by atoms with Crippen molar-refractivity contribution < 1.29 is 4.74 Å². The van der Waals surface area contributed by atoms with Crippen molar-refractivity contribution in [1.82, 2.24) is 9.80 Å². The molecule has 0 radical (unpaired) electrons. The number of ether oxygens (including phenoxy) is 1. The van der Waals surface area contributed by atoms with E-state index in [1.54, 1.807) is 7.11 Å². The third-order valence-electron chi connectivity index (χ3n) is 3.20. The number of nitrogens with two attached hydrogens (primary N) is 1. The zero-order valence-electron chi connectivity index (χ0n) is 12.8. The van der Waals surface area contributed by atoms with Gasteiger partial charge in [0.2, 0.25) is 0 Å². The number of hydrogen-bond acceptors (Lipinski definition) is 4. The van der Waals surface area contributed by atoms with Crippen molar-refractivity contribution in [3.8, 4) is 5.75 Å². The summed E-state index contributed by atoms with van der Waals surface area (Å²) in [6.07, 6.45) is 0. The van der Waals surface area contributed by atoms with Crippen molar-refractivity contribution in [1.29, 1.82) is 0 Å². The summed E-state index contributed by atoms with van der Waals surface area (Å²) in [5.41, 5.74) is 8.29. The molecular weight excluding hydrogens is 238 g/mol. The maximum absolute atomic E-state index is 5.94. The van der Waals surface area contributed by atoms with E-state index in [-0.39, 0.29) is 6.04 Å². The molecular formula is C15H27N3O. The van der Waals surface area contributed by atoms with Crippen LogP contribution in [0.1, 0.15) is 24.1 Å². The highest BCUT2D eigenvalue weighted by atomic mass is 16.5. The maximum Gasteiger partial charge on any atom is 0.123 e. The van der Waals surface area contributed by atoms with Crippen LogP contribution in [0.2, 0.25) is 0 Å². The van der Waals surface area contributed by atoms with Gasteiger partial charge in [-0.3, -0.25) is 0 Å². The molecule has 108 valence electrons. The van der Waals surface area contributed by atoms with Gasteiger partial charge in [-0.05, 0) is 45.8 Å². The van der Waals surface area contributed by atoms with E-state index in [2.05, 4.69) is 37.0 Å². The van der Waals surface area contributed by atoms with E-state index in [1.807, 2.05) is 19.1 Å². The van der Waals surface area contributed by atoms with Crippen LogP contribution in [0.4, 0.5) is 0 Å². The first-order valence-electron chi connectivity index (χ1n) is 6.69. The Balaban J connectivity index is 2.76. The van der Waals surface area contributed by atoms with Crippen LogP contribution in [0.3, 0.4) is 0 Å². The molecule has 1 aromatic carbocycles. The average Bonchev–Trinajstić information content (AvgIpc) is 2.36. The minimum Gasteiger partial charge on any atom is -0.496 e. The number of methoxy groups -OCH3 is 1. The highest BCUT2D eigenvalue weighted by Crippen LogP contribution is 2.23. The van der Waals surface area contributed by atoms with Crippen molar-refractivity contribution in [2.75, 3.05) is 41.3 Å². The fourth-order valence-corrected chi connectivity index (χ4v) is 1.95. The molecule has 0 saturated carbocycles. The fourth-order valence-electron chi connectivity index (χ4n) is 1.95. The molecule has 0 amide bonds. The first-order valence-corrected chi connectivity index (χ1v) is 6.69. The first-order chi connectivity index (χ1) is 8.93. The first kappa shape index (κ1) is 16.0. The Morgan fingerprint density at radius 2 is 1.89 bits per heavy atom. The van der Waals surface area contributed by atoms with Gasteiger partial charge in [0, 0.05) is 31.2 Å². The van der Waals surface area contributed by atoms with Gasteiger partial charge >= 0.3 is 0 Å². The predicted molar refractivity (Wildman–Crippen MR) is 80.5 cm³/mol. The standard InChI is InChI=1S/C15H27N3O/c1-12(16)13-6-7-15(19-5)14(10-13)11-18(4)9-8-17(2)3/h6-7,10,12H,8-9,11,16H2,1-5H3. The molecule has 0 aliphatic heterocycles. The number of hydrogen-bond donors (Lipinski definition) is 1. The number of likely N-dealkylation sites (N-methyl/N-ethyl adjacent to an activating group) is 2. The van der Waals surface area contributed by atoms with Crippen LogP contribution in [-0.2, 0) is 6.54 Å². The summed E-state index contributed by atoms with van der Waals surface area (Å²) in [5, 5.41) is 0. The quantitative estimate of drug-likeness (QED) is 0.815. The van der Waals surface area contributed by atoms with Gasteiger partial charge in [0.25, 0.3) is 0 Å². The average molecular weight is 265 g/mol. The van der Waals surface area contributed by atoms with Crippen molar-refractivity contribution in [2.24, 2.45) is 5.73 Å². The Labute approximate surface area is 117 Å².